The van der Waals surface area contributed by atoms with Crippen molar-refractivity contribution in [1.82, 2.24) is 14.7 Å². The molecular weight excluding hydrogens is 318 g/mol. The number of amides is 1. The lowest BCUT2D eigenvalue weighted by atomic mass is 9.97. The van der Waals surface area contributed by atoms with Crippen molar-refractivity contribution >= 4 is 5.91 Å². The Labute approximate surface area is 148 Å². The quantitative estimate of drug-likeness (QED) is 0.856. The Kier molecular flexibility index (Phi) is 4.70. The summed E-state index contributed by atoms with van der Waals surface area (Å²) in [5.41, 5.74) is 2.93. The fourth-order valence-corrected chi connectivity index (χ4v) is 3.42. The highest BCUT2D eigenvalue weighted by atomic mass is 16.6. The first-order valence-corrected chi connectivity index (χ1v) is 8.52. The first-order chi connectivity index (χ1) is 11.9. The normalized spacial score (nSPS) is 17.2. The first kappa shape index (κ1) is 17.3. The average Bonchev–Trinajstić information content (AvgIpc) is 2.85. The molecule has 6 heteroatoms. The van der Waals surface area contributed by atoms with Crippen LogP contribution in [0.1, 0.15) is 29.8 Å². The van der Waals surface area contributed by atoms with Crippen LogP contribution in [-0.2, 0) is 11.8 Å². The van der Waals surface area contributed by atoms with Crippen LogP contribution in [0.2, 0.25) is 0 Å². The molecule has 25 heavy (non-hydrogen) atoms. The minimum atomic E-state index is -0.240. The van der Waals surface area contributed by atoms with E-state index >= 15 is 0 Å². The Morgan fingerprint density at radius 1 is 1.36 bits per heavy atom. The zero-order valence-corrected chi connectivity index (χ0v) is 15.4. The molecule has 0 N–H and O–H groups in total. The molecule has 1 aromatic carbocycles. The van der Waals surface area contributed by atoms with Crippen molar-refractivity contribution in [3.63, 3.8) is 0 Å². The van der Waals surface area contributed by atoms with Crippen LogP contribution in [0, 0.1) is 13.8 Å². The van der Waals surface area contributed by atoms with Crippen molar-refractivity contribution in [3.8, 4) is 11.5 Å². The van der Waals surface area contributed by atoms with Crippen molar-refractivity contribution in [2.24, 2.45) is 7.05 Å². The maximum absolute atomic E-state index is 12.9. The summed E-state index contributed by atoms with van der Waals surface area (Å²) in [7, 11) is 3.71. The van der Waals surface area contributed by atoms with Gasteiger partial charge < -0.3 is 14.4 Å². The van der Waals surface area contributed by atoms with E-state index in [-0.39, 0.29) is 17.9 Å². The molecule has 1 amide bonds. The first-order valence-electron chi connectivity index (χ1n) is 8.52. The fraction of sp³-hybridized carbons (Fsp3) is 0.474. The molecule has 6 nitrogen and oxygen atoms in total. The smallest absolute Gasteiger partial charge is 0.229 e. The van der Waals surface area contributed by atoms with E-state index in [2.05, 4.69) is 5.10 Å². The van der Waals surface area contributed by atoms with E-state index in [1.54, 1.807) is 4.90 Å². The van der Waals surface area contributed by atoms with Gasteiger partial charge in [-0.3, -0.25) is 9.48 Å². The third-order valence-corrected chi connectivity index (χ3v) is 4.79. The maximum Gasteiger partial charge on any atom is 0.229 e. The van der Waals surface area contributed by atoms with Gasteiger partial charge in [-0.25, -0.2) is 0 Å². The van der Waals surface area contributed by atoms with Gasteiger partial charge in [-0.1, -0.05) is 12.1 Å². The summed E-state index contributed by atoms with van der Waals surface area (Å²) in [6.07, 6.45) is -0.174. The number of nitrogens with zero attached hydrogens (tertiary/aromatic N) is 3. The van der Waals surface area contributed by atoms with Crippen LogP contribution in [0.4, 0.5) is 0 Å². The molecule has 2 heterocycles. The zero-order valence-electron chi connectivity index (χ0n) is 15.4. The summed E-state index contributed by atoms with van der Waals surface area (Å²) < 4.78 is 13.5. The molecule has 0 spiro atoms. The highest BCUT2D eigenvalue weighted by Gasteiger charge is 2.28. The molecule has 134 valence electrons. The van der Waals surface area contributed by atoms with Crippen LogP contribution < -0.4 is 9.47 Å². The van der Waals surface area contributed by atoms with Crippen molar-refractivity contribution in [3.05, 3.63) is 41.2 Å². The Morgan fingerprint density at radius 3 is 2.68 bits per heavy atom. The molecule has 0 bridgehead atoms. The fourth-order valence-electron chi connectivity index (χ4n) is 3.42. The number of hydrogen-bond acceptors (Lipinski definition) is 4. The molecule has 0 fully saturated rings. The molecule has 2 atom stereocenters. The van der Waals surface area contributed by atoms with Gasteiger partial charge in [-0.2, -0.15) is 5.10 Å². The van der Waals surface area contributed by atoms with Gasteiger partial charge in [0.1, 0.15) is 6.61 Å². The maximum atomic E-state index is 12.9. The van der Waals surface area contributed by atoms with Crippen LogP contribution in [0.25, 0.3) is 0 Å². The van der Waals surface area contributed by atoms with E-state index in [0.29, 0.717) is 13.2 Å². The molecule has 0 saturated heterocycles. The van der Waals surface area contributed by atoms with Gasteiger partial charge in [0.05, 0.1) is 18.2 Å². The van der Waals surface area contributed by atoms with Crippen LogP contribution in [0.15, 0.2) is 24.3 Å². The van der Waals surface area contributed by atoms with E-state index in [9.17, 15) is 4.79 Å². The zero-order chi connectivity index (χ0) is 18.1. The Bertz CT molecular complexity index is 784. The molecule has 1 aromatic heterocycles. The number of carbonyl (C=O) groups is 1. The third kappa shape index (κ3) is 3.34. The van der Waals surface area contributed by atoms with Crippen molar-refractivity contribution in [2.75, 3.05) is 20.2 Å². The number of aryl methyl sites for hydroxylation is 2. The van der Waals surface area contributed by atoms with Crippen LogP contribution in [0.5, 0.6) is 11.5 Å². The topological polar surface area (TPSA) is 56.6 Å². The van der Waals surface area contributed by atoms with Gasteiger partial charge in [0.15, 0.2) is 17.6 Å². The van der Waals surface area contributed by atoms with Gasteiger partial charge in [-0.05, 0) is 32.9 Å². The van der Waals surface area contributed by atoms with Crippen molar-refractivity contribution < 1.29 is 14.3 Å². The average molecular weight is 343 g/mol. The number of likely N-dealkylation sites (N-methyl/N-ethyl adjacent to an activating group) is 1. The largest absolute Gasteiger partial charge is 0.486 e. The Morgan fingerprint density at radius 2 is 2.04 bits per heavy atom. The number of benzene rings is 1. The molecule has 1 aliphatic rings. The van der Waals surface area contributed by atoms with E-state index in [1.165, 1.54) is 0 Å². The second-order valence-electron chi connectivity index (χ2n) is 6.65. The summed E-state index contributed by atoms with van der Waals surface area (Å²) in [5.74, 6) is 1.30. The van der Waals surface area contributed by atoms with Crippen LogP contribution in [-0.4, -0.2) is 46.9 Å². The Hall–Kier alpha value is -2.50. The summed E-state index contributed by atoms with van der Waals surface area (Å²) >= 11 is 0. The molecule has 0 aliphatic carbocycles. The summed E-state index contributed by atoms with van der Waals surface area (Å²) in [6.45, 7) is 6.79. The number of ether oxygens (including phenoxy) is 2. The molecule has 1 aliphatic heterocycles. The summed E-state index contributed by atoms with van der Waals surface area (Å²) in [5, 5.41) is 4.42. The monoisotopic (exact) mass is 343 g/mol. The number of rotatable bonds is 4. The number of hydrogen-bond donors (Lipinski definition) is 0. The lowest BCUT2D eigenvalue weighted by Crippen LogP contribution is -2.43. The standard InChI is InChI=1S/C19H25N3O3/c1-12(18-13(2)20-22(5)14(18)3)19(23)21(4)10-15-11-24-16-8-6-7-9-17(16)25-15/h6-9,12,15H,10-11H2,1-5H3/t12-,15-/m0/s1. The summed E-state index contributed by atoms with van der Waals surface area (Å²) in [4.78, 5) is 14.6. The van der Waals surface area contributed by atoms with Gasteiger partial charge in [0, 0.05) is 25.4 Å². The molecule has 2 aromatic rings. The minimum Gasteiger partial charge on any atom is -0.486 e. The van der Waals surface area contributed by atoms with Crippen LogP contribution >= 0.6 is 0 Å². The van der Waals surface area contributed by atoms with Gasteiger partial charge in [0.25, 0.3) is 0 Å². The molecular formula is C19H25N3O3. The lowest BCUT2D eigenvalue weighted by Gasteiger charge is -2.30. The van der Waals surface area contributed by atoms with E-state index in [1.807, 2.05) is 63.8 Å². The van der Waals surface area contributed by atoms with Gasteiger partial charge in [-0.15, -0.1) is 0 Å². The number of carbonyl (C=O) groups excluding carboxylic acids is 1. The molecule has 0 radical (unpaired) electrons. The summed E-state index contributed by atoms with van der Waals surface area (Å²) in [6, 6.07) is 7.60. The SMILES string of the molecule is Cc1nn(C)c(C)c1[C@H](C)C(=O)N(C)C[C@H]1COc2ccccc2O1. The number of para-hydroxylation sites is 2. The number of aromatic nitrogens is 2. The minimum absolute atomic E-state index is 0.0571. The van der Waals surface area contributed by atoms with E-state index in [0.717, 1.165) is 28.5 Å². The third-order valence-electron chi connectivity index (χ3n) is 4.79. The van der Waals surface area contributed by atoms with E-state index < -0.39 is 0 Å². The molecule has 0 unspecified atom stereocenters. The van der Waals surface area contributed by atoms with E-state index in [4.69, 9.17) is 9.47 Å². The van der Waals surface area contributed by atoms with Gasteiger partial charge >= 0.3 is 0 Å². The number of fused-ring (bicyclic) bond motifs is 1. The van der Waals surface area contributed by atoms with Crippen molar-refractivity contribution in [2.45, 2.75) is 32.8 Å². The second kappa shape index (κ2) is 6.78. The molecule has 0 saturated carbocycles. The van der Waals surface area contributed by atoms with Gasteiger partial charge in [0.2, 0.25) is 5.91 Å². The second-order valence-corrected chi connectivity index (χ2v) is 6.65. The molecule has 3 rings (SSSR count). The highest BCUT2D eigenvalue weighted by molar-refractivity contribution is 5.83. The lowest BCUT2D eigenvalue weighted by molar-refractivity contribution is -0.132. The Balaban J connectivity index is 1.67. The predicted octanol–water partition coefficient (Wildman–Crippen LogP) is 2.44. The highest BCUT2D eigenvalue weighted by Crippen LogP contribution is 2.31. The predicted molar refractivity (Wildman–Crippen MR) is 95.1 cm³/mol. The van der Waals surface area contributed by atoms with Crippen molar-refractivity contribution in [1.29, 1.82) is 0 Å². The van der Waals surface area contributed by atoms with Crippen LogP contribution in [0.3, 0.4) is 0 Å².